The third-order valence-electron chi connectivity index (χ3n) is 1.28. The fourth-order valence-corrected chi connectivity index (χ4v) is 1.02. The van der Waals surface area contributed by atoms with Crippen LogP contribution in [0.1, 0.15) is 12.6 Å². The van der Waals surface area contributed by atoms with Crippen molar-refractivity contribution in [3.63, 3.8) is 0 Å². The first-order chi connectivity index (χ1) is 5.24. The monoisotopic (exact) mass is 213 g/mol. The van der Waals surface area contributed by atoms with Gasteiger partial charge in [-0.3, -0.25) is 0 Å². The number of hydrogen-bond donors (Lipinski definition) is 1. The number of pyridine rings is 1. The second-order valence-corrected chi connectivity index (χ2v) is 2.87. The zero-order chi connectivity index (χ0) is 8.27. The van der Waals surface area contributed by atoms with Crippen molar-refractivity contribution in [2.24, 2.45) is 10.9 Å². The summed E-state index contributed by atoms with van der Waals surface area (Å²) in [6, 6.07) is 5.60. The van der Waals surface area contributed by atoms with E-state index >= 15 is 0 Å². The van der Waals surface area contributed by atoms with Crippen molar-refractivity contribution in [3.05, 3.63) is 28.5 Å². The van der Waals surface area contributed by atoms with Gasteiger partial charge in [-0.1, -0.05) is 6.07 Å². The first-order valence-corrected chi connectivity index (χ1v) is 3.91. The highest BCUT2D eigenvalue weighted by Gasteiger charge is 1.97. The lowest BCUT2D eigenvalue weighted by molar-refractivity contribution is 1.19. The highest BCUT2D eigenvalue weighted by Crippen LogP contribution is 2.06. The summed E-state index contributed by atoms with van der Waals surface area (Å²) >= 11 is 3.25. The lowest BCUT2D eigenvalue weighted by Gasteiger charge is -1.96. The van der Waals surface area contributed by atoms with E-state index in [-0.39, 0.29) is 0 Å². The van der Waals surface area contributed by atoms with Crippen molar-refractivity contribution >= 4 is 21.6 Å². The van der Waals surface area contributed by atoms with E-state index in [1.807, 2.05) is 25.1 Å². The van der Waals surface area contributed by atoms with Gasteiger partial charge in [0.25, 0.3) is 0 Å². The quantitative estimate of drug-likeness (QED) is 0.333. The lowest BCUT2D eigenvalue weighted by Crippen LogP contribution is -2.01. The fraction of sp³-hybridized carbons (Fsp3) is 0.143. The van der Waals surface area contributed by atoms with E-state index in [0.29, 0.717) is 0 Å². The summed E-state index contributed by atoms with van der Waals surface area (Å²) in [6.07, 6.45) is 0. The van der Waals surface area contributed by atoms with Gasteiger partial charge >= 0.3 is 0 Å². The number of hydrogen-bond acceptors (Lipinski definition) is 3. The summed E-state index contributed by atoms with van der Waals surface area (Å²) < 4.78 is 0.790. The normalized spacial score (nSPS) is 11.6. The molecule has 1 aromatic rings. The van der Waals surface area contributed by atoms with Crippen LogP contribution in [0.2, 0.25) is 0 Å². The summed E-state index contributed by atoms with van der Waals surface area (Å²) in [5.41, 5.74) is 1.52. The SMILES string of the molecule is CC(=NN)c1cccc(Br)n1. The summed E-state index contributed by atoms with van der Waals surface area (Å²) in [5, 5.41) is 3.53. The predicted octanol–water partition coefficient (Wildman–Crippen LogP) is 1.53. The number of nitrogens with two attached hydrogens (primary N) is 1. The molecule has 4 heteroatoms. The average molecular weight is 214 g/mol. The van der Waals surface area contributed by atoms with Gasteiger partial charge in [0.05, 0.1) is 11.4 Å². The van der Waals surface area contributed by atoms with Gasteiger partial charge in [-0.2, -0.15) is 5.10 Å². The molecule has 0 saturated heterocycles. The molecule has 0 fully saturated rings. The number of nitrogens with zero attached hydrogens (tertiary/aromatic N) is 2. The number of halogens is 1. The average Bonchev–Trinajstić information content (AvgIpc) is 2.03. The molecule has 58 valence electrons. The first kappa shape index (κ1) is 8.20. The second-order valence-electron chi connectivity index (χ2n) is 2.06. The summed E-state index contributed by atoms with van der Waals surface area (Å²) in [6.45, 7) is 1.81. The van der Waals surface area contributed by atoms with Crippen LogP contribution in [0, 0.1) is 0 Å². The van der Waals surface area contributed by atoms with E-state index in [1.165, 1.54) is 0 Å². The van der Waals surface area contributed by atoms with E-state index in [1.54, 1.807) is 0 Å². The van der Waals surface area contributed by atoms with Gasteiger partial charge in [0.2, 0.25) is 0 Å². The predicted molar refractivity (Wildman–Crippen MR) is 48.3 cm³/mol. The van der Waals surface area contributed by atoms with E-state index in [0.717, 1.165) is 16.0 Å². The third-order valence-corrected chi connectivity index (χ3v) is 1.72. The molecular weight excluding hydrogens is 206 g/mol. The molecule has 0 aromatic carbocycles. The molecule has 0 amide bonds. The van der Waals surface area contributed by atoms with Crippen molar-refractivity contribution in [1.29, 1.82) is 0 Å². The van der Waals surface area contributed by atoms with Gasteiger partial charge in [-0.25, -0.2) is 4.98 Å². The summed E-state index contributed by atoms with van der Waals surface area (Å²) in [5.74, 6) is 5.09. The summed E-state index contributed by atoms with van der Waals surface area (Å²) in [7, 11) is 0. The van der Waals surface area contributed by atoms with Gasteiger partial charge in [-0.15, -0.1) is 0 Å². The van der Waals surface area contributed by atoms with Crippen molar-refractivity contribution in [2.45, 2.75) is 6.92 Å². The van der Waals surface area contributed by atoms with Gasteiger partial charge in [0.1, 0.15) is 4.60 Å². The highest BCUT2D eigenvalue weighted by molar-refractivity contribution is 9.10. The van der Waals surface area contributed by atoms with Crippen LogP contribution in [-0.4, -0.2) is 10.7 Å². The first-order valence-electron chi connectivity index (χ1n) is 3.11. The maximum atomic E-state index is 5.09. The maximum Gasteiger partial charge on any atom is 0.106 e. The second kappa shape index (κ2) is 3.48. The molecule has 1 rings (SSSR count). The molecule has 0 saturated carbocycles. The zero-order valence-electron chi connectivity index (χ0n) is 6.08. The Bertz CT molecular complexity index is 283. The van der Waals surface area contributed by atoms with E-state index in [4.69, 9.17) is 5.84 Å². The van der Waals surface area contributed by atoms with Crippen LogP contribution < -0.4 is 5.84 Å². The van der Waals surface area contributed by atoms with Crippen LogP contribution in [0.3, 0.4) is 0 Å². The Morgan fingerprint density at radius 3 is 2.91 bits per heavy atom. The van der Waals surface area contributed by atoms with Crippen LogP contribution in [0.4, 0.5) is 0 Å². The van der Waals surface area contributed by atoms with Crippen LogP contribution in [0.25, 0.3) is 0 Å². The minimum Gasteiger partial charge on any atom is -0.323 e. The Hall–Kier alpha value is -0.900. The van der Waals surface area contributed by atoms with E-state index in [2.05, 4.69) is 26.0 Å². The Kier molecular flexibility index (Phi) is 2.59. The Labute approximate surface area is 73.5 Å². The lowest BCUT2D eigenvalue weighted by atomic mass is 10.3. The third kappa shape index (κ3) is 2.01. The van der Waals surface area contributed by atoms with Crippen molar-refractivity contribution in [3.8, 4) is 0 Å². The molecule has 0 aliphatic carbocycles. The zero-order valence-corrected chi connectivity index (χ0v) is 7.67. The minimum absolute atomic E-state index is 0.728. The van der Waals surface area contributed by atoms with Gasteiger partial charge in [-0.05, 0) is 35.0 Å². The number of rotatable bonds is 1. The van der Waals surface area contributed by atoms with Crippen molar-refractivity contribution < 1.29 is 0 Å². The number of hydrazone groups is 1. The van der Waals surface area contributed by atoms with Crippen molar-refractivity contribution in [2.75, 3.05) is 0 Å². The molecule has 3 nitrogen and oxygen atoms in total. The molecule has 0 bridgehead atoms. The van der Waals surface area contributed by atoms with E-state index in [9.17, 15) is 0 Å². The molecule has 0 radical (unpaired) electrons. The summed E-state index contributed by atoms with van der Waals surface area (Å²) in [4.78, 5) is 4.15. The molecule has 0 atom stereocenters. The largest absolute Gasteiger partial charge is 0.323 e. The highest BCUT2D eigenvalue weighted by atomic mass is 79.9. The van der Waals surface area contributed by atoms with Crippen LogP contribution >= 0.6 is 15.9 Å². The molecular formula is C7H8BrN3. The Balaban J connectivity index is 3.06. The molecule has 0 aliphatic heterocycles. The molecule has 0 spiro atoms. The molecule has 1 aromatic heterocycles. The van der Waals surface area contributed by atoms with Crippen molar-refractivity contribution in [1.82, 2.24) is 4.98 Å². The Morgan fingerprint density at radius 2 is 2.36 bits per heavy atom. The smallest absolute Gasteiger partial charge is 0.106 e. The molecule has 11 heavy (non-hydrogen) atoms. The maximum absolute atomic E-state index is 5.09. The Morgan fingerprint density at radius 1 is 1.64 bits per heavy atom. The topological polar surface area (TPSA) is 51.3 Å². The molecule has 0 aliphatic rings. The van der Waals surface area contributed by atoms with Gasteiger partial charge in [0.15, 0.2) is 0 Å². The number of aromatic nitrogens is 1. The van der Waals surface area contributed by atoms with Gasteiger partial charge in [0, 0.05) is 0 Å². The fourth-order valence-electron chi connectivity index (χ4n) is 0.676. The van der Waals surface area contributed by atoms with Crippen LogP contribution in [0.5, 0.6) is 0 Å². The standard InChI is InChI=1S/C7H8BrN3/c1-5(11-9)6-3-2-4-7(8)10-6/h2-4H,9H2,1H3. The van der Waals surface area contributed by atoms with Gasteiger partial charge < -0.3 is 5.84 Å². The van der Waals surface area contributed by atoms with Crippen LogP contribution in [-0.2, 0) is 0 Å². The van der Waals surface area contributed by atoms with Crippen LogP contribution in [0.15, 0.2) is 27.9 Å². The van der Waals surface area contributed by atoms with E-state index < -0.39 is 0 Å². The molecule has 1 heterocycles. The molecule has 2 N–H and O–H groups in total. The molecule has 0 unspecified atom stereocenters. The minimum atomic E-state index is 0.728.